The molecule has 0 unspecified atom stereocenters. The number of amides is 1. The van der Waals surface area contributed by atoms with E-state index in [1.165, 1.54) is 9.47 Å². The number of esters is 1. The molecule has 0 bridgehead atoms. The number of aromatic amines is 1. The predicted octanol–water partition coefficient (Wildman–Crippen LogP) is 2.62. The molecule has 180 valence electrons. The van der Waals surface area contributed by atoms with Gasteiger partial charge < -0.3 is 15.4 Å². The molecule has 1 aromatic heterocycles. The summed E-state index contributed by atoms with van der Waals surface area (Å²) in [4.78, 5) is 53.5. The van der Waals surface area contributed by atoms with E-state index >= 15 is 0 Å². The number of carbonyl (C=O) groups excluding carboxylic acids is 2. The number of benzene rings is 1. The number of rotatable bonds is 13. The van der Waals surface area contributed by atoms with Crippen LogP contribution < -0.4 is 21.9 Å². The van der Waals surface area contributed by atoms with Gasteiger partial charge in [0.25, 0.3) is 11.5 Å². The number of hydrogen-bond acceptors (Lipinski definition) is 6. The highest BCUT2D eigenvalue weighted by Gasteiger charge is 2.24. The number of aromatic nitrogens is 2. The summed E-state index contributed by atoms with van der Waals surface area (Å²) >= 11 is 0. The zero-order chi connectivity index (χ0) is 24.2. The van der Waals surface area contributed by atoms with Crippen LogP contribution in [0.15, 0.2) is 39.9 Å². The summed E-state index contributed by atoms with van der Waals surface area (Å²) in [7, 11) is 0. The van der Waals surface area contributed by atoms with E-state index in [0.717, 1.165) is 24.8 Å². The van der Waals surface area contributed by atoms with Crippen LogP contribution in [0, 0.1) is 0 Å². The highest BCUT2D eigenvalue weighted by atomic mass is 16.5. The van der Waals surface area contributed by atoms with Crippen molar-refractivity contribution >= 4 is 23.4 Å². The van der Waals surface area contributed by atoms with Crippen LogP contribution in [0.1, 0.15) is 57.9 Å². The van der Waals surface area contributed by atoms with Gasteiger partial charge in [-0.1, -0.05) is 63.4 Å². The minimum atomic E-state index is -0.731. The molecule has 0 saturated carbocycles. The van der Waals surface area contributed by atoms with Crippen molar-refractivity contribution in [3.05, 3.63) is 56.7 Å². The van der Waals surface area contributed by atoms with Gasteiger partial charge in [-0.2, -0.15) is 0 Å². The number of anilines is 2. The van der Waals surface area contributed by atoms with Crippen molar-refractivity contribution in [2.75, 3.05) is 23.8 Å². The topological polar surface area (TPSA) is 127 Å². The molecular formula is C24H34N4O5. The van der Waals surface area contributed by atoms with Gasteiger partial charge >= 0.3 is 11.7 Å². The van der Waals surface area contributed by atoms with E-state index in [9.17, 15) is 19.2 Å². The third-order valence-corrected chi connectivity index (χ3v) is 5.32. The molecule has 1 heterocycles. The molecule has 1 aromatic carbocycles. The van der Waals surface area contributed by atoms with Crippen molar-refractivity contribution in [2.24, 2.45) is 0 Å². The Morgan fingerprint density at radius 3 is 2.42 bits per heavy atom. The summed E-state index contributed by atoms with van der Waals surface area (Å²) in [6.45, 7) is 4.05. The van der Waals surface area contributed by atoms with E-state index in [1.807, 2.05) is 44.2 Å². The van der Waals surface area contributed by atoms with Crippen molar-refractivity contribution in [2.45, 2.75) is 65.3 Å². The van der Waals surface area contributed by atoms with Gasteiger partial charge in [-0.05, 0) is 24.8 Å². The van der Waals surface area contributed by atoms with Crippen molar-refractivity contribution in [1.82, 2.24) is 9.55 Å². The van der Waals surface area contributed by atoms with E-state index in [4.69, 9.17) is 10.5 Å². The van der Waals surface area contributed by atoms with Crippen LogP contribution in [0.3, 0.4) is 0 Å². The zero-order valence-corrected chi connectivity index (χ0v) is 19.5. The number of carbonyl (C=O) groups is 2. The molecule has 1 amide bonds. The Bertz CT molecular complexity index is 1030. The lowest BCUT2D eigenvalue weighted by molar-refractivity contribution is -0.147. The molecule has 33 heavy (non-hydrogen) atoms. The quantitative estimate of drug-likeness (QED) is 0.351. The second-order valence-electron chi connectivity index (χ2n) is 7.90. The van der Waals surface area contributed by atoms with Gasteiger partial charge in [-0.3, -0.25) is 23.9 Å². The summed E-state index contributed by atoms with van der Waals surface area (Å²) in [6.07, 6.45) is 4.56. The lowest BCUT2D eigenvalue weighted by Gasteiger charge is -2.24. The summed E-state index contributed by atoms with van der Waals surface area (Å²) in [6, 6.07) is 9.50. The molecule has 9 nitrogen and oxygen atoms in total. The molecule has 0 fully saturated rings. The minimum Gasteiger partial charge on any atom is -0.456 e. The normalized spacial score (nSPS) is 10.7. The minimum absolute atomic E-state index is 0.0579. The molecule has 0 aliphatic carbocycles. The second kappa shape index (κ2) is 13.2. The van der Waals surface area contributed by atoms with Crippen molar-refractivity contribution in [3.8, 4) is 0 Å². The average molecular weight is 459 g/mol. The summed E-state index contributed by atoms with van der Waals surface area (Å²) in [5.41, 5.74) is 5.76. The van der Waals surface area contributed by atoms with Gasteiger partial charge in [-0.25, -0.2) is 4.79 Å². The Hall–Kier alpha value is -3.36. The fraction of sp³-hybridized carbons (Fsp3) is 0.500. The average Bonchev–Trinajstić information content (AvgIpc) is 2.80. The maximum absolute atomic E-state index is 13.0. The highest BCUT2D eigenvalue weighted by molar-refractivity contribution is 5.97. The van der Waals surface area contributed by atoms with Crippen LogP contribution in [0.25, 0.3) is 0 Å². The number of ether oxygens (including phenoxy) is 1. The fourth-order valence-corrected chi connectivity index (χ4v) is 3.44. The van der Waals surface area contributed by atoms with E-state index in [0.29, 0.717) is 25.8 Å². The molecule has 2 rings (SSSR count). The first-order chi connectivity index (χ1) is 15.9. The summed E-state index contributed by atoms with van der Waals surface area (Å²) in [5.74, 6) is -1.12. The van der Waals surface area contributed by atoms with E-state index in [-0.39, 0.29) is 24.5 Å². The van der Waals surface area contributed by atoms with Gasteiger partial charge in [0, 0.05) is 19.5 Å². The van der Waals surface area contributed by atoms with E-state index in [1.54, 1.807) is 0 Å². The molecule has 0 saturated heterocycles. The van der Waals surface area contributed by atoms with Crippen molar-refractivity contribution in [1.29, 1.82) is 0 Å². The molecular weight excluding hydrogens is 424 g/mol. The van der Waals surface area contributed by atoms with Crippen LogP contribution in [0.2, 0.25) is 0 Å². The molecule has 0 aliphatic rings. The molecule has 0 aliphatic heterocycles. The second-order valence-corrected chi connectivity index (χ2v) is 7.90. The fourth-order valence-electron chi connectivity index (χ4n) is 3.44. The standard InChI is InChI=1S/C24H34N4O5/c1-3-5-10-16-27(21-22(25)28(15-6-4-2)24(32)26-23(21)31)19(29)17-33-20(30)14-13-18-11-8-7-9-12-18/h7-9,11-12H,3-6,10,13-17,25H2,1-2H3,(H,26,31,32). The number of nitrogens with two attached hydrogens (primary N) is 1. The number of H-pyrrole nitrogens is 1. The number of hydrogen-bond donors (Lipinski definition) is 2. The smallest absolute Gasteiger partial charge is 0.330 e. The van der Waals surface area contributed by atoms with E-state index < -0.39 is 29.7 Å². The van der Waals surface area contributed by atoms with Crippen molar-refractivity contribution in [3.63, 3.8) is 0 Å². The molecule has 2 aromatic rings. The molecule has 0 radical (unpaired) electrons. The number of nitrogen functional groups attached to an aromatic ring is 1. The van der Waals surface area contributed by atoms with Gasteiger partial charge in [0.2, 0.25) is 0 Å². The molecule has 0 spiro atoms. The number of nitrogens with zero attached hydrogens (tertiary/aromatic N) is 2. The maximum Gasteiger partial charge on any atom is 0.330 e. The Kier molecular flexibility index (Phi) is 10.4. The largest absolute Gasteiger partial charge is 0.456 e. The first kappa shape index (κ1) is 25.9. The number of aryl methyl sites for hydroxylation is 1. The number of nitrogens with one attached hydrogen (secondary N) is 1. The first-order valence-corrected chi connectivity index (χ1v) is 11.5. The van der Waals surface area contributed by atoms with Gasteiger partial charge in [0.1, 0.15) is 5.82 Å². The molecule has 3 N–H and O–H groups in total. The third-order valence-electron chi connectivity index (χ3n) is 5.32. The SMILES string of the molecule is CCCCCN(C(=O)COC(=O)CCc1ccccc1)c1c(N)n(CCCC)c(=O)[nH]c1=O. The Morgan fingerprint density at radius 2 is 1.76 bits per heavy atom. The number of unbranched alkanes of at least 4 members (excludes halogenated alkanes) is 3. The Morgan fingerprint density at radius 1 is 1.06 bits per heavy atom. The third kappa shape index (κ3) is 7.62. The Labute approximate surface area is 193 Å². The lowest BCUT2D eigenvalue weighted by Crippen LogP contribution is -2.43. The van der Waals surface area contributed by atoms with Crippen LogP contribution >= 0.6 is 0 Å². The molecule has 9 heteroatoms. The molecule has 0 atom stereocenters. The maximum atomic E-state index is 13.0. The lowest BCUT2D eigenvalue weighted by atomic mass is 10.1. The monoisotopic (exact) mass is 458 g/mol. The van der Waals surface area contributed by atoms with Gasteiger partial charge in [0.15, 0.2) is 12.3 Å². The van der Waals surface area contributed by atoms with Crippen LogP contribution in [-0.2, 0) is 27.3 Å². The van der Waals surface area contributed by atoms with Crippen LogP contribution in [0.4, 0.5) is 11.5 Å². The van der Waals surface area contributed by atoms with Crippen LogP contribution in [-0.4, -0.2) is 34.6 Å². The van der Waals surface area contributed by atoms with Crippen molar-refractivity contribution < 1.29 is 14.3 Å². The first-order valence-electron chi connectivity index (χ1n) is 11.5. The van der Waals surface area contributed by atoms with E-state index in [2.05, 4.69) is 4.98 Å². The highest BCUT2D eigenvalue weighted by Crippen LogP contribution is 2.18. The van der Waals surface area contributed by atoms with Crippen LogP contribution in [0.5, 0.6) is 0 Å². The Balaban J connectivity index is 2.16. The summed E-state index contributed by atoms with van der Waals surface area (Å²) < 4.78 is 6.45. The van der Waals surface area contributed by atoms with Gasteiger partial charge in [0.05, 0.1) is 0 Å². The predicted molar refractivity (Wildman–Crippen MR) is 128 cm³/mol. The zero-order valence-electron chi connectivity index (χ0n) is 19.5. The van der Waals surface area contributed by atoms with Gasteiger partial charge in [-0.15, -0.1) is 0 Å². The summed E-state index contributed by atoms with van der Waals surface area (Å²) in [5, 5.41) is 0.